The van der Waals surface area contributed by atoms with E-state index in [2.05, 4.69) is 49.2 Å². The monoisotopic (exact) mass is 269 g/mol. The number of benzene rings is 1. The normalized spacial score (nSPS) is 10.5. The lowest BCUT2D eigenvalue weighted by Crippen LogP contribution is -1.98. The van der Waals surface area contributed by atoms with Crippen molar-refractivity contribution in [1.29, 1.82) is 0 Å². The molecule has 0 aliphatic heterocycles. The summed E-state index contributed by atoms with van der Waals surface area (Å²) in [4.78, 5) is 4.37. The molecule has 106 valence electrons. The predicted octanol–water partition coefficient (Wildman–Crippen LogP) is 5.02. The van der Waals surface area contributed by atoms with Gasteiger partial charge in [0.1, 0.15) is 0 Å². The summed E-state index contributed by atoms with van der Waals surface area (Å²) < 4.78 is 5.65. The van der Waals surface area contributed by atoms with Gasteiger partial charge in [-0.1, -0.05) is 56.0 Å². The van der Waals surface area contributed by atoms with Crippen molar-refractivity contribution in [2.75, 3.05) is 6.61 Å². The fourth-order valence-corrected chi connectivity index (χ4v) is 2.09. The highest BCUT2D eigenvalue weighted by Crippen LogP contribution is 2.20. The molecule has 1 aromatic heterocycles. The van der Waals surface area contributed by atoms with Crippen LogP contribution in [0, 0.1) is 6.92 Å². The number of aromatic nitrogens is 1. The molecule has 0 bridgehead atoms. The number of ether oxygens (including phenoxy) is 1. The first-order valence-electron chi connectivity index (χ1n) is 7.45. The highest BCUT2D eigenvalue weighted by atomic mass is 16.5. The van der Waals surface area contributed by atoms with Crippen molar-refractivity contribution in [1.82, 2.24) is 4.98 Å². The van der Waals surface area contributed by atoms with Gasteiger partial charge in [0.25, 0.3) is 0 Å². The van der Waals surface area contributed by atoms with Gasteiger partial charge in [0.05, 0.1) is 6.61 Å². The number of aryl methyl sites for hydroxylation is 1. The van der Waals surface area contributed by atoms with E-state index in [4.69, 9.17) is 4.74 Å². The van der Waals surface area contributed by atoms with Gasteiger partial charge in [-0.3, -0.25) is 0 Å². The van der Waals surface area contributed by atoms with Crippen LogP contribution in [0.2, 0.25) is 0 Å². The first-order valence-corrected chi connectivity index (χ1v) is 7.45. The smallest absolute Gasteiger partial charge is 0.213 e. The zero-order valence-electron chi connectivity index (χ0n) is 12.4. The average Bonchev–Trinajstić information content (AvgIpc) is 2.49. The molecule has 0 aliphatic carbocycles. The molecule has 2 rings (SSSR count). The quantitative estimate of drug-likeness (QED) is 0.659. The standard InChI is InChI=1S/C18H23NO/c1-3-4-5-6-13-20-18-12-11-17(14-19-18)16-9-7-15(2)8-10-16/h7-12,14H,3-6,13H2,1-2H3. The summed E-state index contributed by atoms with van der Waals surface area (Å²) in [5.41, 5.74) is 3.59. The lowest BCUT2D eigenvalue weighted by molar-refractivity contribution is 0.294. The first-order chi connectivity index (χ1) is 9.79. The summed E-state index contributed by atoms with van der Waals surface area (Å²) in [6, 6.07) is 12.5. The third-order valence-corrected chi connectivity index (χ3v) is 3.37. The molecule has 0 saturated heterocycles. The minimum absolute atomic E-state index is 0.720. The molecule has 0 amide bonds. The number of nitrogens with zero attached hydrogens (tertiary/aromatic N) is 1. The Bertz CT molecular complexity index is 502. The second-order valence-corrected chi connectivity index (χ2v) is 5.16. The van der Waals surface area contributed by atoms with Gasteiger partial charge < -0.3 is 4.74 Å². The third-order valence-electron chi connectivity index (χ3n) is 3.37. The second-order valence-electron chi connectivity index (χ2n) is 5.16. The lowest BCUT2D eigenvalue weighted by atomic mass is 10.1. The molecule has 0 fully saturated rings. The maximum absolute atomic E-state index is 5.65. The minimum Gasteiger partial charge on any atom is -0.478 e. The highest BCUT2D eigenvalue weighted by molar-refractivity contribution is 5.62. The molecule has 0 N–H and O–H groups in total. The molecule has 0 radical (unpaired) electrons. The second kappa shape index (κ2) is 7.68. The maximum Gasteiger partial charge on any atom is 0.213 e. The topological polar surface area (TPSA) is 22.1 Å². The minimum atomic E-state index is 0.720. The van der Waals surface area contributed by atoms with Crippen LogP contribution in [0.15, 0.2) is 42.6 Å². The number of rotatable bonds is 7. The summed E-state index contributed by atoms with van der Waals surface area (Å²) >= 11 is 0. The van der Waals surface area contributed by atoms with E-state index in [9.17, 15) is 0 Å². The number of hydrogen-bond donors (Lipinski definition) is 0. The Morgan fingerprint density at radius 2 is 1.65 bits per heavy atom. The van der Waals surface area contributed by atoms with E-state index in [1.165, 1.54) is 30.4 Å². The van der Waals surface area contributed by atoms with Crippen LogP contribution in [0.1, 0.15) is 38.2 Å². The van der Waals surface area contributed by atoms with Crippen molar-refractivity contribution in [3.63, 3.8) is 0 Å². The van der Waals surface area contributed by atoms with Crippen LogP contribution in [-0.4, -0.2) is 11.6 Å². The van der Waals surface area contributed by atoms with Crippen molar-refractivity contribution in [3.8, 4) is 17.0 Å². The van der Waals surface area contributed by atoms with Crippen LogP contribution in [-0.2, 0) is 0 Å². The molecule has 2 aromatic rings. The Hall–Kier alpha value is -1.83. The number of hydrogen-bond acceptors (Lipinski definition) is 2. The van der Waals surface area contributed by atoms with Crippen LogP contribution >= 0.6 is 0 Å². The Labute approximate surface area is 121 Å². The Balaban J connectivity index is 1.88. The SMILES string of the molecule is CCCCCCOc1ccc(-c2ccc(C)cc2)cn1. The molecule has 2 nitrogen and oxygen atoms in total. The fraction of sp³-hybridized carbons (Fsp3) is 0.389. The largest absolute Gasteiger partial charge is 0.478 e. The molecule has 1 aromatic carbocycles. The first kappa shape index (κ1) is 14.6. The van der Waals surface area contributed by atoms with E-state index in [0.29, 0.717) is 0 Å². The third kappa shape index (κ3) is 4.37. The molecule has 0 atom stereocenters. The molecular weight excluding hydrogens is 246 g/mol. The van der Waals surface area contributed by atoms with Crippen molar-refractivity contribution >= 4 is 0 Å². The summed E-state index contributed by atoms with van der Waals surface area (Å²) in [6.07, 6.45) is 6.76. The fourth-order valence-electron chi connectivity index (χ4n) is 2.09. The van der Waals surface area contributed by atoms with E-state index >= 15 is 0 Å². The van der Waals surface area contributed by atoms with Gasteiger partial charge in [0.2, 0.25) is 5.88 Å². The van der Waals surface area contributed by atoms with E-state index in [0.717, 1.165) is 24.5 Å². The molecule has 2 heteroatoms. The van der Waals surface area contributed by atoms with E-state index in [1.54, 1.807) is 0 Å². The van der Waals surface area contributed by atoms with Gasteiger partial charge >= 0.3 is 0 Å². The Morgan fingerprint density at radius 3 is 2.30 bits per heavy atom. The molecule has 1 heterocycles. The van der Waals surface area contributed by atoms with Gasteiger partial charge in [0.15, 0.2) is 0 Å². The molecule has 0 aliphatic rings. The lowest BCUT2D eigenvalue weighted by Gasteiger charge is -2.06. The van der Waals surface area contributed by atoms with Gasteiger partial charge in [-0.2, -0.15) is 0 Å². The van der Waals surface area contributed by atoms with Crippen molar-refractivity contribution in [2.45, 2.75) is 39.5 Å². The summed E-state index contributed by atoms with van der Waals surface area (Å²) in [6.45, 7) is 5.07. The van der Waals surface area contributed by atoms with Crippen LogP contribution in [0.25, 0.3) is 11.1 Å². The zero-order chi connectivity index (χ0) is 14.2. The molecule has 0 spiro atoms. The summed E-state index contributed by atoms with van der Waals surface area (Å²) in [5, 5.41) is 0. The number of unbranched alkanes of at least 4 members (excludes halogenated alkanes) is 3. The van der Waals surface area contributed by atoms with Crippen molar-refractivity contribution < 1.29 is 4.74 Å². The van der Waals surface area contributed by atoms with Crippen molar-refractivity contribution in [3.05, 3.63) is 48.2 Å². The molecule has 20 heavy (non-hydrogen) atoms. The Kier molecular flexibility index (Phi) is 5.60. The van der Waals surface area contributed by atoms with Crippen molar-refractivity contribution in [2.24, 2.45) is 0 Å². The number of pyridine rings is 1. The molecular formula is C18H23NO. The summed E-state index contributed by atoms with van der Waals surface area (Å²) in [7, 11) is 0. The average molecular weight is 269 g/mol. The van der Waals surface area contributed by atoms with Crippen LogP contribution < -0.4 is 4.74 Å². The molecule has 0 saturated carbocycles. The van der Waals surface area contributed by atoms with E-state index in [-0.39, 0.29) is 0 Å². The van der Waals surface area contributed by atoms with Gasteiger partial charge in [0, 0.05) is 17.8 Å². The van der Waals surface area contributed by atoms with Crippen LogP contribution in [0.3, 0.4) is 0 Å². The van der Waals surface area contributed by atoms with Crippen LogP contribution in [0.4, 0.5) is 0 Å². The van der Waals surface area contributed by atoms with E-state index in [1.807, 2.05) is 12.3 Å². The molecule has 0 unspecified atom stereocenters. The van der Waals surface area contributed by atoms with Gasteiger partial charge in [-0.15, -0.1) is 0 Å². The van der Waals surface area contributed by atoms with Crippen LogP contribution in [0.5, 0.6) is 5.88 Å². The summed E-state index contributed by atoms with van der Waals surface area (Å²) in [5.74, 6) is 0.720. The Morgan fingerprint density at radius 1 is 0.900 bits per heavy atom. The predicted molar refractivity (Wildman–Crippen MR) is 84.0 cm³/mol. The highest BCUT2D eigenvalue weighted by Gasteiger charge is 2.00. The maximum atomic E-state index is 5.65. The zero-order valence-corrected chi connectivity index (χ0v) is 12.4. The van der Waals surface area contributed by atoms with Gasteiger partial charge in [-0.05, 0) is 25.0 Å². The van der Waals surface area contributed by atoms with E-state index < -0.39 is 0 Å². The van der Waals surface area contributed by atoms with Gasteiger partial charge in [-0.25, -0.2) is 4.98 Å².